The molecule has 2 N–H and O–H groups in total. The number of benzene rings is 1. The van der Waals surface area contributed by atoms with Gasteiger partial charge in [-0.25, -0.2) is 9.67 Å². The minimum absolute atomic E-state index is 0.0623. The summed E-state index contributed by atoms with van der Waals surface area (Å²) in [5, 5.41) is 4.10. The summed E-state index contributed by atoms with van der Waals surface area (Å²) in [5.41, 5.74) is 7.52. The Bertz CT molecular complexity index is 638. The molecule has 6 nitrogen and oxygen atoms in total. The molecule has 1 aliphatic rings. The number of piperidine rings is 1. The van der Waals surface area contributed by atoms with E-state index in [1.165, 1.54) is 6.33 Å². The average molecular weight is 299 g/mol. The maximum absolute atomic E-state index is 12.7. The lowest BCUT2D eigenvalue weighted by atomic mass is 9.92. The second kappa shape index (κ2) is 6.27. The van der Waals surface area contributed by atoms with Crippen LogP contribution in [0.5, 0.6) is 0 Å². The molecule has 2 atom stereocenters. The molecule has 2 heterocycles. The Labute approximate surface area is 129 Å². The van der Waals surface area contributed by atoms with Crippen LogP contribution in [0.1, 0.15) is 30.1 Å². The number of rotatable bonds is 3. The van der Waals surface area contributed by atoms with Crippen LogP contribution in [0.4, 0.5) is 0 Å². The van der Waals surface area contributed by atoms with Crippen LogP contribution >= 0.6 is 0 Å². The molecular formula is C16H21N5O. The summed E-state index contributed by atoms with van der Waals surface area (Å²) in [6.07, 6.45) is 5.21. The molecule has 1 aliphatic heterocycles. The van der Waals surface area contributed by atoms with Crippen LogP contribution < -0.4 is 5.73 Å². The zero-order chi connectivity index (χ0) is 15.5. The smallest absolute Gasteiger partial charge is 0.253 e. The Balaban J connectivity index is 1.79. The molecule has 6 heteroatoms. The van der Waals surface area contributed by atoms with E-state index in [0.717, 1.165) is 31.6 Å². The molecule has 1 saturated heterocycles. The minimum atomic E-state index is 0.0623. The van der Waals surface area contributed by atoms with Gasteiger partial charge in [-0.1, -0.05) is 6.07 Å². The first-order valence-corrected chi connectivity index (χ1v) is 7.65. The molecule has 1 aromatic carbocycles. The van der Waals surface area contributed by atoms with Gasteiger partial charge in [-0.2, -0.15) is 5.10 Å². The van der Waals surface area contributed by atoms with Gasteiger partial charge in [0.2, 0.25) is 0 Å². The summed E-state index contributed by atoms with van der Waals surface area (Å²) in [6, 6.07) is 7.60. The molecule has 1 aromatic heterocycles. The molecular weight excluding hydrogens is 278 g/mol. The van der Waals surface area contributed by atoms with Crippen molar-refractivity contribution in [3.63, 3.8) is 0 Å². The molecule has 0 saturated carbocycles. The molecule has 1 amide bonds. The van der Waals surface area contributed by atoms with Crippen molar-refractivity contribution in [1.29, 1.82) is 0 Å². The minimum Gasteiger partial charge on any atom is -0.338 e. The highest BCUT2D eigenvalue weighted by atomic mass is 16.2. The topological polar surface area (TPSA) is 77.0 Å². The quantitative estimate of drug-likeness (QED) is 0.931. The molecule has 0 radical (unpaired) electrons. The zero-order valence-electron chi connectivity index (χ0n) is 12.7. The summed E-state index contributed by atoms with van der Waals surface area (Å²) >= 11 is 0. The lowest BCUT2D eigenvalue weighted by Gasteiger charge is -2.34. The van der Waals surface area contributed by atoms with E-state index in [1.807, 2.05) is 36.1 Å². The van der Waals surface area contributed by atoms with E-state index < -0.39 is 0 Å². The Hall–Kier alpha value is -2.21. The highest BCUT2D eigenvalue weighted by Gasteiger charge is 2.26. The zero-order valence-corrected chi connectivity index (χ0v) is 12.7. The SMILES string of the molecule is C[C@@H](N)[C@@H]1CCCN(C(=O)c2cccc(-n3cncn3)c2)C1. The fourth-order valence-corrected chi connectivity index (χ4v) is 2.93. The lowest BCUT2D eigenvalue weighted by molar-refractivity contribution is 0.0661. The van der Waals surface area contributed by atoms with Crippen molar-refractivity contribution in [3.05, 3.63) is 42.5 Å². The van der Waals surface area contributed by atoms with E-state index >= 15 is 0 Å². The van der Waals surface area contributed by atoms with Crippen molar-refractivity contribution in [1.82, 2.24) is 19.7 Å². The number of carbonyl (C=O) groups is 1. The number of likely N-dealkylation sites (tertiary alicyclic amines) is 1. The number of amides is 1. The van der Waals surface area contributed by atoms with Gasteiger partial charge in [0.1, 0.15) is 12.7 Å². The molecule has 0 unspecified atom stereocenters. The molecule has 116 valence electrons. The molecule has 0 bridgehead atoms. The van der Waals surface area contributed by atoms with Gasteiger partial charge in [-0.05, 0) is 43.9 Å². The van der Waals surface area contributed by atoms with Gasteiger partial charge in [-0.15, -0.1) is 0 Å². The summed E-state index contributed by atoms with van der Waals surface area (Å²) < 4.78 is 1.65. The number of aromatic nitrogens is 3. The number of hydrogen-bond acceptors (Lipinski definition) is 4. The maximum Gasteiger partial charge on any atom is 0.253 e. The second-order valence-corrected chi connectivity index (χ2v) is 5.90. The number of nitrogens with two attached hydrogens (primary N) is 1. The van der Waals surface area contributed by atoms with Crippen LogP contribution in [0, 0.1) is 5.92 Å². The first-order valence-electron chi connectivity index (χ1n) is 7.65. The van der Waals surface area contributed by atoms with Gasteiger partial charge in [0.05, 0.1) is 5.69 Å². The van der Waals surface area contributed by atoms with Crippen molar-refractivity contribution >= 4 is 5.91 Å². The van der Waals surface area contributed by atoms with E-state index in [9.17, 15) is 4.79 Å². The summed E-state index contributed by atoms with van der Waals surface area (Å²) in [7, 11) is 0. The van der Waals surface area contributed by atoms with E-state index in [-0.39, 0.29) is 11.9 Å². The molecule has 0 aliphatic carbocycles. The van der Waals surface area contributed by atoms with Crippen molar-refractivity contribution in [2.75, 3.05) is 13.1 Å². The van der Waals surface area contributed by atoms with Crippen LogP contribution in [-0.4, -0.2) is 44.7 Å². The van der Waals surface area contributed by atoms with Gasteiger partial charge in [0.25, 0.3) is 5.91 Å². The number of carbonyl (C=O) groups excluding carboxylic acids is 1. The highest BCUT2D eigenvalue weighted by Crippen LogP contribution is 2.21. The van der Waals surface area contributed by atoms with Crippen LogP contribution in [0.15, 0.2) is 36.9 Å². The predicted molar refractivity (Wildman–Crippen MR) is 83.6 cm³/mol. The standard InChI is InChI=1S/C16H21N5O/c1-12(17)14-5-3-7-20(9-14)16(22)13-4-2-6-15(8-13)21-11-18-10-19-21/h2,4,6,8,10-12,14H,3,5,7,9,17H2,1H3/t12-,14-/m1/s1. The fraction of sp³-hybridized carbons (Fsp3) is 0.438. The van der Waals surface area contributed by atoms with E-state index in [0.29, 0.717) is 11.5 Å². The van der Waals surface area contributed by atoms with Crippen LogP contribution in [0.25, 0.3) is 5.69 Å². The van der Waals surface area contributed by atoms with Crippen molar-refractivity contribution < 1.29 is 4.79 Å². The molecule has 1 fully saturated rings. The Morgan fingerprint density at radius 2 is 2.32 bits per heavy atom. The monoisotopic (exact) mass is 299 g/mol. The third-order valence-corrected chi connectivity index (χ3v) is 4.27. The summed E-state index contributed by atoms with van der Waals surface area (Å²) in [6.45, 7) is 3.56. The van der Waals surface area contributed by atoms with Crippen molar-refractivity contribution in [3.8, 4) is 5.69 Å². The van der Waals surface area contributed by atoms with Crippen molar-refractivity contribution in [2.24, 2.45) is 11.7 Å². The normalized spacial score (nSPS) is 19.9. The van der Waals surface area contributed by atoms with Crippen LogP contribution in [0.3, 0.4) is 0 Å². The van der Waals surface area contributed by atoms with E-state index in [4.69, 9.17) is 5.73 Å². The van der Waals surface area contributed by atoms with Crippen LogP contribution in [0.2, 0.25) is 0 Å². The lowest BCUT2D eigenvalue weighted by Crippen LogP contribution is -2.45. The average Bonchev–Trinajstić information content (AvgIpc) is 3.09. The number of nitrogens with zero attached hydrogens (tertiary/aromatic N) is 4. The van der Waals surface area contributed by atoms with Gasteiger partial charge in [0.15, 0.2) is 0 Å². The van der Waals surface area contributed by atoms with Crippen LogP contribution in [-0.2, 0) is 0 Å². The largest absolute Gasteiger partial charge is 0.338 e. The fourth-order valence-electron chi connectivity index (χ4n) is 2.93. The Morgan fingerprint density at radius 1 is 1.45 bits per heavy atom. The van der Waals surface area contributed by atoms with Crippen molar-refractivity contribution in [2.45, 2.75) is 25.8 Å². The summed E-state index contributed by atoms with van der Waals surface area (Å²) in [4.78, 5) is 18.6. The highest BCUT2D eigenvalue weighted by molar-refractivity contribution is 5.94. The van der Waals surface area contributed by atoms with Gasteiger partial charge >= 0.3 is 0 Å². The molecule has 0 spiro atoms. The molecule has 2 aromatic rings. The third-order valence-electron chi connectivity index (χ3n) is 4.27. The second-order valence-electron chi connectivity index (χ2n) is 5.90. The Morgan fingerprint density at radius 3 is 3.05 bits per heavy atom. The van der Waals surface area contributed by atoms with Gasteiger partial charge in [0, 0.05) is 24.7 Å². The number of hydrogen-bond donors (Lipinski definition) is 1. The molecule has 3 rings (SSSR count). The van der Waals surface area contributed by atoms with Gasteiger partial charge < -0.3 is 10.6 Å². The first-order chi connectivity index (χ1) is 10.6. The Kier molecular flexibility index (Phi) is 4.20. The maximum atomic E-state index is 12.7. The predicted octanol–water partition coefficient (Wildman–Crippen LogP) is 1.47. The molecule has 22 heavy (non-hydrogen) atoms. The summed E-state index contributed by atoms with van der Waals surface area (Å²) in [5.74, 6) is 0.448. The first kappa shape index (κ1) is 14.7. The van der Waals surface area contributed by atoms with E-state index in [2.05, 4.69) is 10.1 Å². The van der Waals surface area contributed by atoms with Gasteiger partial charge in [-0.3, -0.25) is 4.79 Å². The third kappa shape index (κ3) is 3.01. The van der Waals surface area contributed by atoms with E-state index in [1.54, 1.807) is 11.0 Å².